The number of rotatable bonds is 5. The molecule has 1 heterocycles. The molecule has 1 atom stereocenters. The fraction of sp³-hybridized carbons (Fsp3) is 0.300. The summed E-state index contributed by atoms with van der Waals surface area (Å²) in [5.41, 5.74) is 1.94. The zero-order valence-corrected chi connectivity index (χ0v) is 13.9. The second-order valence-electron chi connectivity index (χ2n) is 6.08. The van der Waals surface area contributed by atoms with Crippen molar-refractivity contribution < 1.29 is 9.59 Å². The maximum Gasteiger partial charge on any atom is 0.232 e. The predicted molar refractivity (Wildman–Crippen MR) is 94.4 cm³/mol. The zero-order chi connectivity index (χ0) is 16.9. The Balaban J connectivity index is 1.84. The molecule has 24 heavy (non-hydrogen) atoms. The van der Waals surface area contributed by atoms with Gasteiger partial charge in [-0.1, -0.05) is 48.5 Å². The molecule has 2 aromatic rings. The smallest absolute Gasteiger partial charge is 0.232 e. The minimum Gasteiger partial charge on any atom is -0.342 e. The van der Waals surface area contributed by atoms with Crippen LogP contribution in [0.5, 0.6) is 0 Å². The van der Waals surface area contributed by atoms with Gasteiger partial charge in [-0.25, -0.2) is 0 Å². The van der Waals surface area contributed by atoms with Crippen molar-refractivity contribution >= 4 is 17.5 Å². The van der Waals surface area contributed by atoms with Crippen molar-refractivity contribution in [1.82, 2.24) is 4.90 Å². The summed E-state index contributed by atoms with van der Waals surface area (Å²) < 4.78 is 0. The van der Waals surface area contributed by atoms with E-state index in [4.69, 9.17) is 0 Å². The Labute approximate surface area is 142 Å². The van der Waals surface area contributed by atoms with E-state index < -0.39 is 0 Å². The van der Waals surface area contributed by atoms with Gasteiger partial charge in [0.15, 0.2) is 0 Å². The Bertz CT molecular complexity index is 700. The standard InChI is InChI=1S/C20H22N2O2/c1-2-21-15-17(13-19(21)23)20(24)22(18-11-7-4-8-12-18)14-16-9-5-3-6-10-16/h3-12,17H,2,13-15H2,1H3/t17-/m0/s1. The summed E-state index contributed by atoms with van der Waals surface area (Å²) in [4.78, 5) is 28.7. The highest BCUT2D eigenvalue weighted by atomic mass is 16.2. The van der Waals surface area contributed by atoms with E-state index in [0.717, 1.165) is 11.3 Å². The molecule has 4 heteroatoms. The van der Waals surface area contributed by atoms with Crippen LogP contribution in [-0.4, -0.2) is 29.8 Å². The number of amides is 2. The molecule has 0 radical (unpaired) electrons. The molecule has 0 saturated carbocycles. The summed E-state index contributed by atoms with van der Waals surface area (Å²) >= 11 is 0. The molecular formula is C20H22N2O2. The summed E-state index contributed by atoms with van der Waals surface area (Å²) in [6.07, 6.45) is 0.310. The van der Waals surface area contributed by atoms with Crippen LogP contribution in [0.15, 0.2) is 60.7 Å². The van der Waals surface area contributed by atoms with Crippen LogP contribution in [0.1, 0.15) is 18.9 Å². The van der Waals surface area contributed by atoms with Crippen molar-refractivity contribution in [2.45, 2.75) is 19.9 Å². The number of carbonyl (C=O) groups is 2. The fourth-order valence-electron chi connectivity index (χ4n) is 3.13. The highest BCUT2D eigenvalue weighted by Gasteiger charge is 2.36. The van der Waals surface area contributed by atoms with E-state index in [9.17, 15) is 9.59 Å². The molecule has 4 nitrogen and oxygen atoms in total. The molecular weight excluding hydrogens is 300 g/mol. The van der Waals surface area contributed by atoms with Crippen molar-refractivity contribution in [2.75, 3.05) is 18.0 Å². The average Bonchev–Trinajstić information content (AvgIpc) is 3.01. The number of hydrogen-bond acceptors (Lipinski definition) is 2. The third-order valence-corrected chi connectivity index (χ3v) is 4.46. The lowest BCUT2D eigenvalue weighted by atomic mass is 10.1. The van der Waals surface area contributed by atoms with E-state index in [1.54, 1.807) is 9.80 Å². The van der Waals surface area contributed by atoms with Crippen LogP contribution >= 0.6 is 0 Å². The second-order valence-corrected chi connectivity index (χ2v) is 6.08. The Morgan fingerprint density at radius 1 is 1.08 bits per heavy atom. The highest BCUT2D eigenvalue weighted by molar-refractivity contribution is 5.99. The van der Waals surface area contributed by atoms with Crippen LogP contribution < -0.4 is 4.90 Å². The molecule has 0 aliphatic carbocycles. The zero-order valence-electron chi connectivity index (χ0n) is 13.9. The van der Waals surface area contributed by atoms with Crippen molar-refractivity contribution in [2.24, 2.45) is 5.92 Å². The molecule has 0 bridgehead atoms. The Morgan fingerprint density at radius 2 is 1.71 bits per heavy atom. The number of hydrogen-bond donors (Lipinski definition) is 0. The monoisotopic (exact) mass is 322 g/mol. The first-order valence-corrected chi connectivity index (χ1v) is 8.37. The minimum absolute atomic E-state index is 0.0225. The Hall–Kier alpha value is -2.62. The quantitative estimate of drug-likeness (QED) is 0.849. The van der Waals surface area contributed by atoms with Crippen molar-refractivity contribution in [3.63, 3.8) is 0 Å². The molecule has 1 aliphatic heterocycles. The molecule has 0 spiro atoms. The van der Waals surface area contributed by atoms with Crippen molar-refractivity contribution in [3.8, 4) is 0 Å². The third kappa shape index (κ3) is 3.48. The van der Waals surface area contributed by atoms with Gasteiger partial charge in [-0.3, -0.25) is 9.59 Å². The molecule has 0 unspecified atom stereocenters. The van der Waals surface area contributed by atoms with E-state index in [2.05, 4.69) is 0 Å². The summed E-state index contributed by atoms with van der Waals surface area (Å²) in [6, 6.07) is 19.6. The van der Waals surface area contributed by atoms with Gasteiger partial charge in [0, 0.05) is 25.2 Å². The SMILES string of the molecule is CCN1C[C@@H](C(=O)N(Cc2ccccc2)c2ccccc2)CC1=O. The fourth-order valence-corrected chi connectivity index (χ4v) is 3.13. The first kappa shape index (κ1) is 16.2. The maximum absolute atomic E-state index is 13.1. The average molecular weight is 322 g/mol. The number of nitrogens with zero attached hydrogens (tertiary/aromatic N) is 2. The predicted octanol–water partition coefficient (Wildman–Crippen LogP) is 3.09. The van der Waals surface area contributed by atoms with E-state index in [1.165, 1.54) is 0 Å². The molecule has 3 rings (SSSR count). The van der Waals surface area contributed by atoms with E-state index in [-0.39, 0.29) is 17.7 Å². The molecule has 1 aliphatic rings. The first-order valence-electron chi connectivity index (χ1n) is 8.37. The van der Waals surface area contributed by atoms with Gasteiger partial charge in [-0.2, -0.15) is 0 Å². The van der Waals surface area contributed by atoms with Gasteiger partial charge in [0.2, 0.25) is 11.8 Å². The van der Waals surface area contributed by atoms with Gasteiger partial charge in [0.05, 0.1) is 12.5 Å². The summed E-state index contributed by atoms with van der Waals surface area (Å²) in [5.74, 6) is -0.167. The molecule has 0 N–H and O–H groups in total. The number of benzene rings is 2. The van der Waals surface area contributed by atoms with Crippen LogP contribution in [-0.2, 0) is 16.1 Å². The molecule has 1 saturated heterocycles. The minimum atomic E-state index is -0.263. The topological polar surface area (TPSA) is 40.6 Å². The summed E-state index contributed by atoms with van der Waals surface area (Å²) in [6.45, 7) is 3.64. The van der Waals surface area contributed by atoms with Crippen LogP contribution in [0.3, 0.4) is 0 Å². The van der Waals surface area contributed by atoms with Gasteiger partial charge in [-0.15, -0.1) is 0 Å². The normalized spacial score (nSPS) is 17.1. The molecule has 1 fully saturated rings. The molecule has 2 aromatic carbocycles. The first-order chi connectivity index (χ1) is 11.7. The number of likely N-dealkylation sites (tertiary alicyclic amines) is 1. The van der Waals surface area contributed by atoms with E-state index >= 15 is 0 Å². The van der Waals surface area contributed by atoms with Crippen molar-refractivity contribution in [1.29, 1.82) is 0 Å². The summed E-state index contributed by atoms with van der Waals surface area (Å²) in [7, 11) is 0. The van der Waals surface area contributed by atoms with Crippen LogP contribution in [0.25, 0.3) is 0 Å². The number of para-hydroxylation sites is 1. The van der Waals surface area contributed by atoms with Crippen LogP contribution in [0.4, 0.5) is 5.69 Å². The molecule has 0 aromatic heterocycles. The van der Waals surface area contributed by atoms with Gasteiger partial charge >= 0.3 is 0 Å². The van der Waals surface area contributed by atoms with Crippen LogP contribution in [0.2, 0.25) is 0 Å². The van der Waals surface area contributed by atoms with E-state index in [0.29, 0.717) is 26.1 Å². The third-order valence-electron chi connectivity index (χ3n) is 4.46. The van der Waals surface area contributed by atoms with Gasteiger partial charge in [-0.05, 0) is 24.6 Å². The van der Waals surface area contributed by atoms with Gasteiger partial charge in [0.1, 0.15) is 0 Å². The summed E-state index contributed by atoms with van der Waals surface area (Å²) in [5, 5.41) is 0. The van der Waals surface area contributed by atoms with Crippen molar-refractivity contribution in [3.05, 3.63) is 66.2 Å². The largest absolute Gasteiger partial charge is 0.342 e. The lowest BCUT2D eigenvalue weighted by molar-refractivity contribution is -0.128. The second kappa shape index (κ2) is 7.30. The molecule has 124 valence electrons. The van der Waals surface area contributed by atoms with E-state index in [1.807, 2.05) is 67.6 Å². The van der Waals surface area contributed by atoms with Crippen LogP contribution in [0, 0.1) is 5.92 Å². The highest BCUT2D eigenvalue weighted by Crippen LogP contribution is 2.25. The Kier molecular flexibility index (Phi) is 4.94. The lowest BCUT2D eigenvalue weighted by Crippen LogP contribution is -2.37. The number of anilines is 1. The Morgan fingerprint density at radius 3 is 2.29 bits per heavy atom. The molecule has 2 amide bonds. The van der Waals surface area contributed by atoms with Gasteiger partial charge < -0.3 is 9.80 Å². The maximum atomic E-state index is 13.1. The lowest BCUT2D eigenvalue weighted by Gasteiger charge is -2.26. The van der Waals surface area contributed by atoms with Gasteiger partial charge in [0.25, 0.3) is 0 Å². The number of carbonyl (C=O) groups excluding carboxylic acids is 2.